The van der Waals surface area contributed by atoms with Gasteiger partial charge in [0, 0.05) is 30.1 Å². The van der Waals surface area contributed by atoms with Crippen molar-refractivity contribution in [3.8, 4) is 5.69 Å². The van der Waals surface area contributed by atoms with Gasteiger partial charge in [-0.3, -0.25) is 9.59 Å². The minimum atomic E-state index is -0.405. The lowest BCUT2D eigenvalue weighted by Gasteiger charge is -2.33. The fraction of sp³-hybridized carbons (Fsp3) is 0.300. The maximum atomic E-state index is 12.7. The van der Waals surface area contributed by atoms with Gasteiger partial charge in [-0.25, -0.2) is 0 Å². The van der Waals surface area contributed by atoms with Gasteiger partial charge in [-0.15, -0.1) is 0 Å². The Morgan fingerprint density at radius 1 is 1.20 bits per heavy atom. The number of aryl methyl sites for hydroxylation is 1. The minimum Gasteiger partial charge on any atom is -0.369 e. The molecule has 1 fully saturated rings. The van der Waals surface area contributed by atoms with Gasteiger partial charge in [-0.2, -0.15) is 9.78 Å². The van der Waals surface area contributed by atoms with E-state index >= 15 is 0 Å². The highest BCUT2D eigenvalue weighted by Gasteiger charge is 2.27. The third-order valence-corrected chi connectivity index (χ3v) is 5.66. The van der Waals surface area contributed by atoms with Gasteiger partial charge in [0.25, 0.3) is 5.56 Å². The number of carbonyl (C=O) groups excluding carboxylic acids is 1. The van der Waals surface area contributed by atoms with E-state index in [1.807, 2.05) is 4.90 Å². The van der Waals surface area contributed by atoms with E-state index in [9.17, 15) is 9.59 Å². The average Bonchev–Trinajstić information content (AvgIpc) is 3.15. The van der Waals surface area contributed by atoms with E-state index in [0.717, 1.165) is 0 Å². The fourth-order valence-corrected chi connectivity index (χ4v) is 3.82. The van der Waals surface area contributed by atoms with Crippen LogP contribution in [0.5, 0.6) is 0 Å². The lowest BCUT2D eigenvalue weighted by atomic mass is 9.95. The summed E-state index contributed by atoms with van der Waals surface area (Å²) >= 11 is 12.3. The summed E-state index contributed by atoms with van der Waals surface area (Å²) in [7, 11) is 0. The quantitative estimate of drug-likeness (QED) is 0.655. The number of anilines is 2. The number of halogens is 2. The number of piperidine rings is 1. The van der Waals surface area contributed by atoms with E-state index in [1.54, 1.807) is 43.5 Å². The molecule has 0 spiro atoms. The molecule has 3 aromatic rings. The zero-order valence-corrected chi connectivity index (χ0v) is 17.7. The lowest BCUT2D eigenvalue weighted by molar-refractivity contribution is -0.120. The molecule has 8 nitrogen and oxygen atoms in total. The molecule has 0 aliphatic carbocycles. The second kappa shape index (κ2) is 8.49. The molecule has 1 amide bonds. The zero-order valence-electron chi connectivity index (χ0n) is 16.1. The van der Waals surface area contributed by atoms with Crippen LogP contribution in [0.15, 0.2) is 45.8 Å². The van der Waals surface area contributed by atoms with Gasteiger partial charge >= 0.3 is 0 Å². The highest BCUT2D eigenvalue weighted by molar-refractivity contribution is 6.33. The number of benzene rings is 1. The van der Waals surface area contributed by atoms with Gasteiger partial charge in [-0.05, 0) is 44.0 Å². The highest BCUT2D eigenvalue weighted by Crippen LogP contribution is 2.28. The van der Waals surface area contributed by atoms with E-state index in [-0.39, 0.29) is 16.8 Å². The summed E-state index contributed by atoms with van der Waals surface area (Å²) in [6.07, 6.45) is 2.83. The molecule has 1 aliphatic rings. The Hall–Kier alpha value is -2.84. The van der Waals surface area contributed by atoms with Crippen molar-refractivity contribution >= 4 is 40.6 Å². The Morgan fingerprint density at radius 2 is 1.90 bits per heavy atom. The maximum absolute atomic E-state index is 12.7. The van der Waals surface area contributed by atoms with E-state index < -0.39 is 5.56 Å². The van der Waals surface area contributed by atoms with Crippen molar-refractivity contribution in [3.63, 3.8) is 0 Å². The predicted molar refractivity (Wildman–Crippen MR) is 115 cm³/mol. The first-order chi connectivity index (χ1) is 14.4. The molecule has 2 aromatic heterocycles. The topological polar surface area (TPSA) is 93.3 Å². The van der Waals surface area contributed by atoms with Crippen LogP contribution in [0, 0.1) is 12.8 Å². The van der Waals surface area contributed by atoms with E-state index in [0.29, 0.717) is 53.9 Å². The largest absolute Gasteiger partial charge is 0.369 e. The summed E-state index contributed by atoms with van der Waals surface area (Å²) in [6, 6.07) is 8.45. The number of amides is 1. The monoisotopic (exact) mass is 447 g/mol. The van der Waals surface area contributed by atoms with E-state index in [4.69, 9.17) is 27.7 Å². The number of aromatic nitrogens is 3. The molecule has 1 N–H and O–H groups in total. The van der Waals surface area contributed by atoms with E-state index in [1.165, 1.54) is 4.68 Å². The van der Waals surface area contributed by atoms with Crippen molar-refractivity contribution in [1.82, 2.24) is 14.9 Å². The van der Waals surface area contributed by atoms with Gasteiger partial charge in [0.15, 0.2) is 5.82 Å². The SMILES string of the molecule is Cc1cc(NC(=O)C2CCN(c3cnn(-c4ccc(Cl)cc4)c(=O)c3Cl)CC2)no1. The predicted octanol–water partition coefficient (Wildman–Crippen LogP) is 3.69. The average molecular weight is 448 g/mol. The van der Waals surface area contributed by atoms with Crippen molar-refractivity contribution in [2.45, 2.75) is 19.8 Å². The maximum Gasteiger partial charge on any atom is 0.292 e. The number of carbonyl (C=O) groups is 1. The number of nitrogens with one attached hydrogen (secondary N) is 1. The molecular weight excluding hydrogens is 429 g/mol. The molecular formula is C20H19Cl2N5O3. The van der Waals surface area contributed by atoms with Crippen LogP contribution in [-0.2, 0) is 4.79 Å². The van der Waals surface area contributed by atoms with Crippen molar-refractivity contribution in [1.29, 1.82) is 0 Å². The molecule has 4 rings (SSSR count). The zero-order chi connectivity index (χ0) is 21.3. The number of rotatable bonds is 4. The molecule has 30 heavy (non-hydrogen) atoms. The molecule has 1 aromatic carbocycles. The van der Waals surface area contributed by atoms with Crippen molar-refractivity contribution < 1.29 is 9.32 Å². The molecule has 0 radical (unpaired) electrons. The lowest BCUT2D eigenvalue weighted by Crippen LogP contribution is -2.39. The molecule has 1 aliphatic heterocycles. The van der Waals surface area contributed by atoms with Crippen LogP contribution in [0.2, 0.25) is 10.0 Å². The third kappa shape index (κ3) is 4.20. The Morgan fingerprint density at radius 3 is 2.53 bits per heavy atom. The van der Waals surface area contributed by atoms with Gasteiger partial charge in [0.05, 0.1) is 17.6 Å². The minimum absolute atomic E-state index is 0.0923. The summed E-state index contributed by atoms with van der Waals surface area (Å²) in [6.45, 7) is 2.93. The standard InChI is InChI=1S/C20H19Cl2N5O3/c1-12-10-17(25-30-12)24-19(28)13-6-8-26(9-7-13)16-11-23-27(20(29)18(16)22)15-4-2-14(21)3-5-15/h2-5,10-11,13H,6-9H2,1H3,(H,24,25,28). The van der Waals surface area contributed by atoms with Crippen LogP contribution >= 0.6 is 23.2 Å². The van der Waals surface area contributed by atoms with Crippen molar-refractivity contribution in [3.05, 3.63) is 62.7 Å². The molecule has 0 bridgehead atoms. The first kappa shape index (κ1) is 20.4. The van der Waals surface area contributed by atoms with E-state index in [2.05, 4.69) is 15.6 Å². The van der Waals surface area contributed by atoms with Gasteiger partial charge < -0.3 is 14.7 Å². The van der Waals surface area contributed by atoms with Crippen LogP contribution in [0.1, 0.15) is 18.6 Å². The number of hydrogen-bond acceptors (Lipinski definition) is 6. The smallest absolute Gasteiger partial charge is 0.292 e. The first-order valence-electron chi connectivity index (χ1n) is 9.45. The highest BCUT2D eigenvalue weighted by atomic mass is 35.5. The summed E-state index contributed by atoms with van der Waals surface area (Å²) in [5.74, 6) is 0.804. The number of nitrogens with zero attached hydrogens (tertiary/aromatic N) is 4. The van der Waals surface area contributed by atoms with Crippen molar-refractivity contribution in [2.24, 2.45) is 5.92 Å². The van der Waals surface area contributed by atoms with Crippen LogP contribution in [0.4, 0.5) is 11.5 Å². The van der Waals surface area contributed by atoms with Gasteiger partial charge in [0.2, 0.25) is 5.91 Å². The molecule has 156 valence electrons. The van der Waals surface area contributed by atoms with Crippen LogP contribution < -0.4 is 15.8 Å². The Bertz CT molecular complexity index is 1120. The third-order valence-electron chi connectivity index (χ3n) is 5.06. The Kier molecular flexibility index (Phi) is 5.78. The molecule has 0 saturated carbocycles. The molecule has 3 heterocycles. The van der Waals surface area contributed by atoms with Gasteiger partial charge in [-0.1, -0.05) is 28.4 Å². The summed E-state index contributed by atoms with van der Waals surface area (Å²) in [5, 5.41) is 11.5. The Labute approximate surface area is 182 Å². The molecule has 0 unspecified atom stereocenters. The van der Waals surface area contributed by atoms with Gasteiger partial charge in [0.1, 0.15) is 10.8 Å². The van der Waals surface area contributed by atoms with Crippen LogP contribution in [0.3, 0.4) is 0 Å². The summed E-state index contributed by atoms with van der Waals surface area (Å²) in [5.41, 5.74) is 0.743. The number of hydrogen-bond donors (Lipinski definition) is 1. The first-order valence-corrected chi connectivity index (χ1v) is 10.2. The van der Waals surface area contributed by atoms with Crippen LogP contribution in [-0.4, -0.2) is 33.9 Å². The normalized spacial score (nSPS) is 14.7. The Balaban J connectivity index is 1.44. The summed E-state index contributed by atoms with van der Waals surface area (Å²) in [4.78, 5) is 27.2. The second-order valence-corrected chi connectivity index (χ2v) is 7.92. The molecule has 0 atom stereocenters. The molecule has 10 heteroatoms. The molecule has 1 saturated heterocycles. The van der Waals surface area contributed by atoms with Crippen LogP contribution in [0.25, 0.3) is 5.69 Å². The summed E-state index contributed by atoms with van der Waals surface area (Å²) < 4.78 is 6.21. The fourth-order valence-electron chi connectivity index (χ4n) is 3.45. The second-order valence-electron chi connectivity index (χ2n) is 7.11. The van der Waals surface area contributed by atoms with Crippen molar-refractivity contribution in [2.75, 3.05) is 23.3 Å².